The van der Waals surface area contributed by atoms with Gasteiger partial charge >= 0.3 is 0 Å². The zero-order valence-corrected chi connectivity index (χ0v) is 11.2. The van der Waals surface area contributed by atoms with Crippen LogP contribution in [0.2, 0.25) is 10.2 Å². The van der Waals surface area contributed by atoms with Gasteiger partial charge in [-0.1, -0.05) is 36.5 Å². The second-order valence-electron chi connectivity index (χ2n) is 4.09. The summed E-state index contributed by atoms with van der Waals surface area (Å²) in [5.74, 6) is 0. The van der Waals surface area contributed by atoms with Gasteiger partial charge in [0.1, 0.15) is 5.15 Å². The predicted octanol–water partition coefficient (Wildman–Crippen LogP) is 4.24. The normalized spacial score (nSPS) is 11.3. The molecule has 1 aromatic heterocycles. The summed E-state index contributed by atoms with van der Waals surface area (Å²) in [7, 11) is 0. The highest BCUT2D eigenvalue weighted by molar-refractivity contribution is 6.33. The molecule has 2 nitrogen and oxygen atoms in total. The second kappa shape index (κ2) is 5.30. The first-order valence-electron chi connectivity index (χ1n) is 5.76. The summed E-state index contributed by atoms with van der Waals surface area (Å²) >= 11 is 12.3. The molecule has 0 amide bonds. The molecule has 0 unspecified atom stereocenters. The number of rotatable bonds is 4. The van der Waals surface area contributed by atoms with E-state index in [1.165, 1.54) is 0 Å². The fourth-order valence-electron chi connectivity index (χ4n) is 2.05. The van der Waals surface area contributed by atoms with Crippen molar-refractivity contribution in [1.29, 1.82) is 0 Å². The van der Waals surface area contributed by atoms with Gasteiger partial charge in [-0.05, 0) is 24.6 Å². The van der Waals surface area contributed by atoms with Crippen LogP contribution in [0.15, 0.2) is 18.2 Å². The van der Waals surface area contributed by atoms with Gasteiger partial charge in [0.05, 0.1) is 6.61 Å². The molecule has 1 heterocycles. The van der Waals surface area contributed by atoms with Crippen LogP contribution in [0.25, 0.3) is 10.9 Å². The summed E-state index contributed by atoms with van der Waals surface area (Å²) in [5, 5.41) is 11.6. The van der Waals surface area contributed by atoms with Gasteiger partial charge in [0.2, 0.25) is 0 Å². The first kappa shape index (κ1) is 12.7. The molecule has 0 radical (unpaired) electrons. The van der Waals surface area contributed by atoms with Crippen LogP contribution in [0.3, 0.4) is 0 Å². The first-order chi connectivity index (χ1) is 8.19. The zero-order valence-electron chi connectivity index (χ0n) is 9.71. The Bertz CT molecular complexity index is 534. The summed E-state index contributed by atoms with van der Waals surface area (Å²) < 4.78 is 2.04. The van der Waals surface area contributed by atoms with E-state index >= 15 is 0 Å². The number of aliphatic hydroxyl groups excluding tert-OH is 1. The van der Waals surface area contributed by atoms with Gasteiger partial charge in [-0.25, -0.2) is 0 Å². The van der Waals surface area contributed by atoms with Crippen molar-refractivity contribution in [2.75, 3.05) is 0 Å². The number of aryl methyl sites for hydroxylation is 1. The molecule has 1 aromatic carbocycles. The van der Waals surface area contributed by atoms with E-state index in [4.69, 9.17) is 23.2 Å². The maximum Gasteiger partial charge on any atom is 0.115 e. The van der Waals surface area contributed by atoms with Crippen molar-refractivity contribution in [3.05, 3.63) is 33.9 Å². The SMILES string of the molecule is CCCCn1c(Cl)c(CO)c2cc(Cl)ccc21. The number of hydrogen-bond donors (Lipinski definition) is 1. The van der Waals surface area contributed by atoms with E-state index in [1.807, 2.05) is 22.8 Å². The summed E-state index contributed by atoms with van der Waals surface area (Å²) in [6.45, 7) is 2.95. The molecule has 0 aliphatic heterocycles. The average molecular weight is 272 g/mol. The number of hydrogen-bond acceptors (Lipinski definition) is 1. The molecule has 0 atom stereocenters. The molecule has 2 aromatic rings. The van der Waals surface area contributed by atoms with Crippen LogP contribution in [0, 0.1) is 0 Å². The summed E-state index contributed by atoms with van der Waals surface area (Å²) in [6.07, 6.45) is 2.18. The van der Waals surface area contributed by atoms with Crippen molar-refractivity contribution in [2.45, 2.75) is 32.9 Å². The molecule has 0 aliphatic rings. The van der Waals surface area contributed by atoms with Gasteiger partial charge in [0, 0.05) is 28.0 Å². The van der Waals surface area contributed by atoms with Crippen LogP contribution in [0.4, 0.5) is 0 Å². The fourth-order valence-corrected chi connectivity index (χ4v) is 2.56. The lowest BCUT2D eigenvalue weighted by atomic mass is 10.2. The van der Waals surface area contributed by atoms with E-state index in [0.717, 1.165) is 35.9 Å². The van der Waals surface area contributed by atoms with Crippen molar-refractivity contribution < 1.29 is 5.11 Å². The van der Waals surface area contributed by atoms with Crippen LogP contribution in [-0.4, -0.2) is 9.67 Å². The minimum absolute atomic E-state index is 0.0607. The Balaban J connectivity index is 2.62. The highest BCUT2D eigenvalue weighted by atomic mass is 35.5. The quantitative estimate of drug-likeness (QED) is 0.884. The van der Waals surface area contributed by atoms with E-state index < -0.39 is 0 Å². The van der Waals surface area contributed by atoms with Crippen LogP contribution >= 0.6 is 23.2 Å². The lowest BCUT2D eigenvalue weighted by Crippen LogP contribution is -1.97. The van der Waals surface area contributed by atoms with E-state index in [1.54, 1.807) is 0 Å². The average Bonchev–Trinajstić information content (AvgIpc) is 2.57. The molecular weight excluding hydrogens is 257 g/mol. The van der Waals surface area contributed by atoms with Crippen LogP contribution in [0.5, 0.6) is 0 Å². The van der Waals surface area contributed by atoms with E-state index in [2.05, 4.69) is 6.92 Å². The van der Waals surface area contributed by atoms with Gasteiger partial charge in [0.25, 0.3) is 0 Å². The molecule has 0 saturated carbocycles. The van der Waals surface area contributed by atoms with Crippen molar-refractivity contribution in [2.24, 2.45) is 0 Å². The molecule has 0 spiro atoms. The number of aromatic nitrogens is 1. The van der Waals surface area contributed by atoms with Crippen molar-refractivity contribution >= 4 is 34.1 Å². The molecule has 0 bridgehead atoms. The highest BCUT2D eigenvalue weighted by Gasteiger charge is 2.14. The molecule has 92 valence electrons. The molecule has 0 fully saturated rings. The van der Waals surface area contributed by atoms with Crippen LogP contribution in [0.1, 0.15) is 25.3 Å². The third-order valence-electron chi connectivity index (χ3n) is 2.95. The number of fused-ring (bicyclic) bond motifs is 1. The van der Waals surface area contributed by atoms with Gasteiger partial charge in [-0.3, -0.25) is 0 Å². The van der Waals surface area contributed by atoms with Crippen molar-refractivity contribution in [1.82, 2.24) is 4.57 Å². The van der Waals surface area contributed by atoms with Crippen LogP contribution < -0.4 is 0 Å². The molecular formula is C13H15Cl2NO. The van der Waals surface area contributed by atoms with Crippen molar-refractivity contribution in [3.8, 4) is 0 Å². The van der Waals surface area contributed by atoms with Crippen LogP contribution in [-0.2, 0) is 13.2 Å². The smallest absolute Gasteiger partial charge is 0.115 e. The minimum atomic E-state index is -0.0607. The fraction of sp³-hybridized carbons (Fsp3) is 0.385. The Hall–Kier alpha value is -0.700. The van der Waals surface area contributed by atoms with E-state index in [0.29, 0.717) is 10.2 Å². The Kier molecular flexibility index (Phi) is 3.97. The molecule has 2 rings (SSSR count). The first-order valence-corrected chi connectivity index (χ1v) is 6.51. The second-order valence-corrected chi connectivity index (χ2v) is 4.89. The van der Waals surface area contributed by atoms with Gasteiger partial charge in [-0.15, -0.1) is 0 Å². The van der Waals surface area contributed by atoms with E-state index in [9.17, 15) is 5.11 Å². The Morgan fingerprint density at radius 1 is 1.29 bits per heavy atom. The summed E-state index contributed by atoms with van der Waals surface area (Å²) in [5.41, 5.74) is 1.80. The zero-order chi connectivity index (χ0) is 12.4. The van der Waals surface area contributed by atoms with Gasteiger partial charge in [0.15, 0.2) is 0 Å². The number of aliphatic hydroxyl groups is 1. The van der Waals surface area contributed by atoms with Gasteiger partial charge < -0.3 is 9.67 Å². The lowest BCUT2D eigenvalue weighted by Gasteiger charge is -2.05. The monoisotopic (exact) mass is 271 g/mol. The number of halogens is 2. The molecule has 17 heavy (non-hydrogen) atoms. The topological polar surface area (TPSA) is 25.2 Å². The maximum absolute atomic E-state index is 9.41. The third-order valence-corrected chi connectivity index (χ3v) is 3.62. The number of nitrogens with zero attached hydrogens (tertiary/aromatic N) is 1. The largest absolute Gasteiger partial charge is 0.392 e. The Labute approximate surface area is 111 Å². The molecule has 0 aliphatic carbocycles. The molecule has 4 heteroatoms. The highest BCUT2D eigenvalue weighted by Crippen LogP contribution is 2.32. The standard InChI is InChI=1S/C13H15Cl2NO/c1-2-3-6-16-12-5-4-9(14)7-10(12)11(8-17)13(16)15/h4-5,7,17H,2-3,6,8H2,1H3. The van der Waals surface area contributed by atoms with E-state index in [-0.39, 0.29) is 6.61 Å². The molecule has 0 saturated heterocycles. The number of benzene rings is 1. The summed E-state index contributed by atoms with van der Waals surface area (Å²) in [4.78, 5) is 0. The van der Waals surface area contributed by atoms with Crippen molar-refractivity contribution in [3.63, 3.8) is 0 Å². The third kappa shape index (κ3) is 2.30. The molecule has 1 N–H and O–H groups in total. The lowest BCUT2D eigenvalue weighted by molar-refractivity contribution is 0.283. The van der Waals surface area contributed by atoms with Gasteiger partial charge in [-0.2, -0.15) is 0 Å². The Morgan fingerprint density at radius 2 is 2.06 bits per heavy atom. The summed E-state index contributed by atoms with van der Waals surface area (Å²) in [6, 6.07) is 5.67. The maximum atomic E-state index is 9.41. The predicted molar refractivity (Wildman–Crippen MR) is 72.8 cm³/mol. The minimum Gasteiger partial charge on any atom is -0.392 e. The number of unbranched alkanes of at least 4 members (excludes halogenated alkanes) is 1. The Morgan fingerprint density at radius 3 is 2.71 bits per heavy atom.